The summed E-state index contributed by atoms with van der Waals surface area (Å²) in [6.45, 7) is 11.4. The van der Waals surface area contributed by atoms with E-state index in [0.717, 1.165) is 0 Å². The van der Waals surface area contributed by atoms with Crippen molar-refractivity contribution in [2.75, 3.05) is 0 Å². The van der Waals surface area contributed by atoms with Crippen LogP contribution < -0.4 is 0 Å². The maximum Gasteiger partial charge on any atom is 0.505 e. The van der Waals surface area contributed by atoms with Crippen molar-refractivity contribution >= 4 is 26.9 Å². The van der Waals surface area contributed by atoms with E-state index in [1.54, 1.807) is 0 Å². The number of rotatable bonds is 5. The SMILES string of the molecule is C=C[Si](O)(O[Si](C)C)O[Si](C)C. The smallest absolute Gasteiger partial charge is 0.413 e. The van der Waals surface area contributed by atoms with Gasteiger partial charge >= 0.3 is 8.80 Å². The Bertz CT molecular complexity index is 139. The zero-order valence-corrected chi connectivity index (χ0v) is 11.0. The summed E-state index contributed by atoms with van der Waals surface area (Å²) in [4.78, 5) is 9.79. The van der Waals surface area contributed by atoms with E-state index in [1.807, 2.05) is 26.2 Å². The lowest BCUT2D eigenvalue weighted by molar-refractivity contribution is 0.274. The van der Waals surface area contributed by atoms with Crippen LogP contribution in [0.1, 0.15) is 0 Å². The monoisotopic (exact) mass is 220 g/mol. The molecule has 12 heavy (non-hydrogen) atoms. The van der Waals surface area contributed by atoms with Crippen LogP contribution in [-0.2, 0) is 8.23 Å². The highest BCUT2D eigenvalue weighted by atomic mass is 28.5. The molecular weight excluding hydrogens is 204 g/mol. The Morgan fingerprint density at radius 3 is 1.67 bits per heavy atom. The highest BCUT2D eigenvalue weighted by Gasteiger charge is 2.35. The summed E-state index contributed by atoms with van der Waals surface area (Å²) in [5.41, 5.74) is 1.43. The summed E-state index contributed by atoms with van der Waals surface area (Å²) >= 11 is 0. The Morgan fingerprint density at radius 2 is 1.50 bits per heavy atom. The van der Waals surface area contributed by atoms with E-state index in [1.165, 1.54) is 5.70 Å². The summed E-state index contributed by atoms with van der Waals surface area (Å²) in [5, 5.41) is 0. The van der Waals surface area contributed by atoms with Crippen molar-refractivity contribution < 1.29 is 13.0 Å². The van der Waals surface area contributed by atoms with Crippen molar-refractivity contribution in [2.45, 2.75) is 26.2 Å². The molecule has 1 N–H and O–H groups in total. The Kier molecular flexibility index (Phi) is 5.21. The molecule has 70 valence electrons. The first-order valence-corrected chi connectivity index (χ1v) is 10.4. The van der Waals surface area contributed by atoms with Gasteiger partial charge in [0.1, 0.15) is 0 Å². The van der Waals surface area contributed by atoms with E-state index in [2.05, 4.69) is 6.58 Å². The normalized spacial score (nSPS) is 12.6. The zero-order valence-electron chi connectivity index (χ0n) is 8.05. The molecule has 0 heterocycles. The molecule has 0 saturated heterocycles. The van der Waals surface area contributed by atoms with Crippen molar-refractivity contribution in [1.82, 2.24) is 0 Å². The largest absolute Gasteiger partial charge is 0.505 e. The van der Waals surface area contributed by atoms with E-state index in [4.69, 9.17) is 8.23 Å². The Morgan fingerprint density at radius 1 is 1.17 bits per heavy atom. The maximum absolute atomic E-state index is 9.79. The lowest BCUT2D eigenvalue weighted by Gasteiger charge is -2.24. The quantitative estimate of drug-likeness (QED) is 0.707. The van der Waals surface area contributed by atoms with Gasteiger partial charge in [-0.2, -0.15) is 0 Å². The standard InChI is InChI=1S/C6H16O3Si3/c1-6-12(7,8-10(2)3)9-11(4)5/h6-7H,1H2,2-5H3. The molecular formula is C6H16O3Si3. The first-order valence-electron chi connectivity index (χ1n) is 3.74. The van der Waals surface area contributed by atoms with E-state index in [-0.39, 0.29) is 0 Å². The summed E-state index contributed by atoms with van der Waals surface area (Å²) in [6, 6.07) is 0. The third kappa shape index (κ3) is 5.01. The summed E-state index contributed by atoms with van der Waals surface area (Å²) < 4.78 is 10.8. The van der Waals surface area contributed by atoms with Crippen molar-refractivity contribution in [3.05, 3.63) is 12.3 Å². The molecule has 0 spiro atoms. The van der Waals surface area contributed by atoms with Crippen LogP contribution in [0, 0.1) is 0 Å². The molecule has 6 heteroatoms. The van der Waals surface area contributed by atoms with Crippen LogP contribution in [-0.4, -0.2) is 31.7 Å². The van der Waals surface area contributed by atoms with Crippen LogP contribution in [0.5, 0.6) is 0 Å². The maximum atomic E-state index is 9.79. The average molecular weight is 220 g/mol. The predicted molar refractivity (Wildman–Crippen MR) is 55.3 cm³/mol. The van der Waals surface area contributed by atoms with Crippen LogP contribution in [0.15, 0.2) is 12.3 Å². The van der Waals surface area contributed by atoms with Crippen LogP contribution in [0.4, 0.5) is 0 Å². The fourth-order valence-corrected chi connectivity index (χ4v) is 6.58. The molecule has 0 aromatic heterocycles. The molecule has 0 aliphatic heterocycles. The van der Waals surface area contributed by atoms with E-state index in [0.29, 0.717) is 0 Å². The van der Waals surface area contributed by atoms with Gasteiger partial charge in [-0.15, -0.1) is 0 Å². The second-order valence-corrected chi connectivity index (χ2v) is 9.79. The number of hydrogen-bond donors (Lipinski definition) is 1. The molecule has 3 nitrogen and oxygen atoms in total. The fourth-order valence-electron chi connectivity index (χ4n) is 0.689. The third-order valence-electron chi connectivity index (χ3n) is 0.959. The first kappa shape index (κ1) is 12.3. The first-order chi connectivity index (χ1) is 5.39. The minimum absolute atomic E-state index is 0.917. The van der Waals surface area contributed by atoms with Crippen LogP contribution >= 0.6 is 0 Å². The summed E-state index contributed by atoms with van der Waals surface area (Å²) in [6.07, 6.45) is 0. The van der Waals surface area contributed by atoms with E-state index < -0.39 is 26.9 Å². The van der Waals surface area contributed by atoms with Crippen molar-refractivity contribution in [2.24, 2.45) is 0 Å². The molecule has 0 atom stereocenters. The molecule has 0 rings (SSSR count). The lowest BCUT2D eigenvalue weighted by atomic mass is 11.3. The van der Waals surface area contributed by atoms with Gasteiger partial charge in [0.15, 0.2) is 18.1 Å². The highest BCUT2D eigenvalue weighted by Crippen LogP contribution is 2.08. The van der Waals surface area contributed by atoms with Crippen molar-refractivity contribution in [1.29, 1.82) is 0 Å². The minimum Gasteiger partial charge on any atom is -0.413 e. The van der Waals surface area contributed by atoms with Crippen LogP contribution in [0.25, 0.3) is 0 Å². The summed E-state index contributed by atoms with van der Waals surface area (Å²) in [5.74, 6) is 0. The van der Waals surface area contributed by atoms with Gasteiger partial charge in [0, 0.05) is 0 Å². The lowest BCUT2D eigenvalue weighted by Crippen LogP contribution is -2.46. The topological polar surface area (TPSA) is 38.7 Å². The second-order valence-electron chi connectivity index (χ2n) is 2.86. The van der Waals surface area contributed by atoms with Gasteiger partial charge in [-0.3, -0.25) is 0 Å². The van der Waals surface area contributed by atoms with Gasteiger partial charge in [0.2, 0.25) is 0 Å². The van der Waals surface area contributed by atoms with Gasteiger partial charge in [-0.25, -0.2) is 0 Å². The second kappa shape index (κ2) is 5.10. The Balaban J connectivity index is 4.14. The minimum atomic E-state index is -3.00. The Labute approximate surface area is 78.8 Å². The van der Waals surface area contributed by atoms with Crippen LogP contribution in [0.3, 0.4) is 0 Å². The fraction of sp³-hybridized carbons (Fsp3) is 0.667. The molecule has 0 bridgehead atoms. The van der Waals surface area contributed by atoms with Gasteiger partial charge in [-0.05, 0) is 31.9 Å². The third-order valence-corrected chi connectivity index (χ3v) is 7.08. The average Bonchev–Trinajstić information content (AvgIpc) is 1.83. The van der Waals surface area contributed by atoms with Crippen molar-refractivity contribution in [3.8, 4) is 0 Å². The molecule has 0 unspecified atom stereocenters. The molecule has 0 aromatic rings. The molecule has 0 aliphatic rings. The number of hydrogen-bond acceptors (Lipinski definition) is 3. The van der Waals surface area contributed by atoms with E-state index >= 15 is 0 Å². The molecule has 0 fully saturated rings. The molecule has 0 saturated carbocycles. The highest BCUT2D eigenvalue weighted by molar-refractivity contribution is 6.78. The molecule has 0 amide bonds. The zero-order chi connectivity index (χ0) is 9.78. The Hall–Kier alpha value is 0.271. The molecule has 0 aromatic carbocycles. The van der Waals surface area contributed by atoms with Gasteiger partial charge in [-0.1, -0.05) is 6.58 Å². The molecule has 0 aliphatic carbocycles. The van der Waals surface area contributed by atoms with E-state index in [9.17, 15) is 4.80 Å². The van der Waals surface area contributed by atoms with Gasteiger partial charge in [0.25, 0.3) is 0 Å². The summed E-state index contributed by atoms with van der Waals surface area (Å²) in [7, 11) is -4.83. The van der Waals surface area contributed by atoms with Crippen molar-refractivity contribution in [3.63, 3.8) is 0 Å². The predicted octanol–water partition coefficient (Wildman–Crippen LogP) is 1.18. The van der Waals surface area contributed by atoms with Gasteiger partial charge in [0.05, 0.1) is 0 Å². The molecule has 2 radical (unpaired) electrons. The van der Waals surface area contributed by atoms with Crippen LogP contribution in [0.2, 0.25) is 26.2 Å². The van der Waals surface area contributed by atoms with Gasteiger partial charge < -0.3 is 13.0 Å².